The molecule has 1 atom stereocenters. The van der Waals surface area contributed by atoms with E-state index in [9.17, 15) is 4.79 Å². The SMILES string of the molecule is COC(=O)C(C)(N)CCCn1cc(Cl)cn1. The minimum absolute atomic E-state index is 0.397. The second-order valence-corrected chi connectivity index (χ2v) is 4.37. The predicted octanol–water partition coefficient (Wildman–Crippen LogP) is 1.21. The molecule has 0 fully saturated rings. The number of nitrogens with zero attached hydrogens (tertiary/aromatic N) is 2. The summed E-state index contributed by atoms with van der Waals surface area (Å²) in [5.41, 5.74) is 4.87. The Morgan fingerprint density at radius 2 is 2.44 bits per heavy atom. The molecule has 0 aliphatic carbocycles. The summed E-state index contributed by atoms with van der Waals surface area (Å²) in [7, 11) is 1.33. The van der Waals surface area contributed by atoms with Gasteiger partial charge in [-0.25, -0.2) is 0 Å². The summed E-state index contributed by atoms with van der Waals surface area (Å²) in [6.07, 6.45) is 4.58. The van der Waals surface area contributed by atoms with Crippen molar-refractivity contribution in [3.05, 3.63) is 17.4 Å². The van der Waals surface area contributed by atoms with Crippen molar-refractivity contribution in [1.29, 1.82) is 0 Å². The van der Waals surface area contributed by atoms with E-state index >= 15 is 0 Å². The quantitative estimate of drug-likeness (QED) is 0.792. The molecule has 1 unspecified atom stereocenters. The first kappa shape index (κ1) is 13.0. The number of methoxy groups -OCH3 is 1. The second kappa shape index (κ2) is 5.32. The number of aromatic nitrogens is 2. The second-order valence-electron chi connectivity index (χ2n) is 3.93. The van der Waals surface area contributed by atoms with Crippen molar-refractivity contribution in [2.45, 2.75) is 31.8 Å². The summed E-state index contributed by atoms with van der Waals surface area (Å²) < 4.78 is 6.33. The smallest absolute Gasteiger partial charge is 0.325 e. The third-order valence-corrected chi connectivity index (χ3v) is 2.53. The van der Waals surface area contributed by atoms with Gasteiger partial charge < -0.3 is 10.5 Å². The molecular weight excluding hydrogens is 230 g/mol. The minimum atomic E-state index is -0.939. The molecular formula is C10H16ClN3O2. The van der Waals surface area contributed by atoms with E-state index in [4.69, 9.17) is 17.3 Å². The van der Waals surface area contributed by atoms with Crippen molar-refractivity contribution in [2.24, 2.45) is 5.73 Å². The summed E-state index contributed by atoms with van der Waals surface area (Å²) in [6.45, 7) is 2.34. The summed E-state index contributed by atoms with van der Waals surface area (Å²) >= 11 is 5.72. The van der Waals surface area contributed by atoms with E-state index in [0.29, 0.717) is 18.0 Å². The highest BCUT2D eigenvalue weighted by Crippen LogP contribution is 2.12. The van der Waals surface area contributed by atoms with Crippen LogP contribution in [0.15, 0.2) is 12.4 Å². The Kier molecular flexibility index (Phi) is 4.32. The molecule has 0 aliphatic rings. The Morgan fingerprint density at radius 1 is 1.75 bits per heavy atom. The van der Waals surface area contributed by atoms with Gasteiger partial charge in [0.25, 0.3) is 0 Å². The normalized spacial score (nSPS) is 14.5. The van der Waals surface area contributed by atoms with E-state index in [1.54, 1.807) is 24.0 Å². The molecule has 0 amide bonds. The maximum absolute atomic E-state index is 11.3. The molecule has 0 aliphatic heterocycles. The number of aryl methyl sites for hydroxylation is 1. The van der Waals surface area contributed by atoms with Crippen LogP contribution in [0.4, 0.5) is 0 Å². The lowest BCUT2D eigenvalue weighted by Gasteiger charge is -2.20. The van der Waals surface area contributed by atoms with Gasteiger partial charge in [0.2, 0.25) is 0 Å². The number of nitrogens with two attached hydrogens (primary N) is 1. The van der Waals surface area contributed by atoms with Crippen LogP contribution in [0.2, 0.25) is 5.02 Å². The van der Waals surface area contributed by atoms with Crippen LogP contribution in [0.5, 0.6) is 0 Å². The summed E-state index contributed by atoms with van der Waals surface area (Å²) in [4.78, 5) is 11.3. The number of rotatable bonds is 5. The zero-order valence-corrected chi connectivity index (χ0v) is 10.2. The van der Waals surface area contributed by atoms with E-state index in [-0.39, 0.29) is 0 Å². The Morgan fingerprint density at radius 3 is 2.94 bits per heavy atom. The number of hydrogen-bond acceptors (Lipinski definition) is 4. The average Bonchev–Trinajstić information content (AvgIpc) is 2.62. The summed E-state index contributed by atoms with van der Waals surface area (Å²) in [5, 5.41) is 4.63. The Bertz CT molecular complexity index is 363. The first-order valence-electron chi connectivity index (χ1n) is 5.01. The van der Waals surface area contributed by atoms with Crippen LogP contribution >= 0.6 is 11.6 Å². The fourth-order valence-electron chi connectivity index (χ4n) is 1.40. The van der Waals surface area contributed by atoms with Gasteiger partial charge in [-0.3, -0.25) is 9.48 Å². The molecule has 1 aromatic rings. The van der Waals surface area contributed by atoms with E-state index < -0.39 is 11.5 Å². The van der Waals surface area contributed by atoms with Crippen molar-refractivity contribution >= 4 is 17.6 Å². The lowest BCUT2D eigenvalue weighted by molar-refractivity contribution is -0.146. The van der Waals surface area contributed by atoms with Crippen LogP contribution in [-0.4, -0.2) is 28.4 Å². The largest absolute Gasteiger partial charge is 0.468 e. The number of hydrogen-bond donors (Lipinski definition) is 1. The number of ether oxygens (including phenoxy) is 1. The molecule has 0 saturated heterocycles. The molecule has 0 radical (unpaired) electrons. The Balaban J connectivity index is 2.38. The van der Waals surface area contributed by atoms with E-state index in [0.717, 1.165) is 6.42 Å². The van der Waals surface area contributed by atoms with Gasteiger partial charge in [-0.1, -0.05) is 11.6 Å². The molecule has 0 spiro atoms. The van der Waals surface area contributed by atoms with Crippen LogP contribution in [0.25, 0.3) is 0 Å². The molecule has 16 heavy (non-hydrogen) atoms. The molecule has 2 N–H and O–H groups in total. The van der Waals surface area contributed by atoms with Crippen LogP contribution in [-0.2, 0) is 16.1 Å². The first-order valence-corrected chi connectivity index (χ1v) is 5.39. The van der Waals surface area contributed by atoms with Crippen LogP contribution in [0, 0.1) is 0 Å². The summed E-state index contributed by atoms with van der Waals surface area (Å²) in [6, 6.07) is 0. The maximum atomic E-state index is 11.3. The molecule has 90 valence electrons. The van der Waals surface area contributed by atoms with E-state index in [2.05, 4.69) is 9.84 Å². The van der Waals surface area contributed by atoms with Crippen molar-refractivity contribution in [1.82, 2.24) is 9.78 Å². The minimum Gasteiger partial charge on any atom is -0.468 e. The zero-order valence-electron chi connectivity index (χ0n) is 9.44. The third-order valence-electron chi connectivity index (χ3n) is 2.34. The van der Waals surface area contributed by atoms with Gasteiger partial charge in [-0.2, -0.15) is 5.10 Å². The van der Waals surface area contributed by atoms with E-state index in [1.807, 2.05) is 0 Å². The van der Waals surface area contributed by atoms with Gasteiger partial charge in [0.05, 0.1) is 18.3 Å². The first-order chi connectivity index (χ1) is 7.45. The van der Waals surface area contributed by atoms with Gasteiger partial charge >= 0.3 is 5.97 Å². The third kappa shape index (κ3) is 3.50. The predicted molar refractivity (Wildman–Crippen MR) is 61.1 cm³/mol. The standard InChI is InChI=1S/C10H16ClN3O2/c1-10(12,9(15)16-2)4-3-5-14-7-8(11)6-13-14/h6-7H,3-5,12H2,1-2H3. The Hall–Kier alpha value is -1.07. The number of esters is 1. The van der Waals surface area contributed by atoms with Crippen molar-refractivity contribution in [3.63, 3.8) is 0 Å². The van der Waals surface area contributed by atoms with E-state index in [1.165, 1.54) is 7.11 Å². The lowest BCUT2D eigenvalue weighted by atomic mass is 9.97. The topological polar surface area (TPSA) is 70.1 Å². The van der Waals surface area contributed by atoms with Gasteiger partial charge in [-0.15, -0.1) is 0 Å². The highest BCUT2D eigenvalue weighted by atomic mass is 35.5. The average molecular weight is 246 g/mol. The van der Waals surface area contributed by atoms with Crippen LogP contribution in [0.1, 0.15) is 19.8 Å². The number of carbonyl (C=O) groups excluding carboxylic acids is 1. The molecule has 1 heterocycles. The molecule has 5 nitrogen and oxygen atoms in total. The van der Waals surface area contributed by atoms with Crippen LogP contribution < -0.4 is 5.73 Å². The molecule has 6 heteroatoms. The fourth-order valence-corrected chi connectivity index (χ4v) is 1.56. The summed E-state index contributed by atoms with van der Waals surface area (Å²) in [5.74, 6) is -0.397. The van der Waals surface area contributed by atoms with Gasteiger partial charge in [0.15, 0.2) is 0 Å². The van der Waals surface area contributed by atoms with Gasteiger partial charge in [0.1, 0.15) is 5.54 Å². The number of halogens is 1. The number of carbonyl (C=O) groups is 1. The molecule has 0 saturated carbocycles. The molecule has 0 bridgehead atoms. The van der Waals surface area contributed by atoms with Crippen molar-refractivity contribution in [2.75, 3.05) is 7.11 Å². The van der Waals surface area contributed by atoms with Crippen molar-refractivity contribution in [3.8, 4) is 0 Å². The maximum Gasteiger partial charge on any atom is 0.325 e. The van der Waals surface area contributed by atoms with Gasteiger partial charge in [-0.05, 0) is 19.8 Å². The van der Waals surface area contributed by atoms with Crippen LogP contribution in [0.3, 0.4) is 0 Å². The lowest BCUT2D eigenvalue weighted by Crippen LogP contribution is -2.45. The fraction of sp³-hybridized carbons (Fsp3) is 0.600. The molecule has 1 aromatic heterocycles. The molecule has 1 rings (SSSR count). The molecule has 0 aromatic carbocycles. The van der Waals surface area contributed by atoms with Gasteiger partial charge in [0, 0.05) is 12.7 Å². The highest BCUT2D eigenvalue weighted by molar-refractivity contribution is 6.30. The van der Waals surface area contributed by atoms with Crippen molar-refractivity contribution < 1.29 is 9.53 Å². The zero-order chi connectivity index (χ0) is 12.2. The monoisotopic (exact) mass is 245 g/mol. The Labute approximate surface area is 99.5 Å². The highest BCUT2D eigenvalue weighted by Gasteiger charge is 2.28.